The normalized spacial score (nSPS) is 11.0. The van der Waals surface area contributed by atoms with Gasteiger partial charge in [0.1, 0.15) is 5.69 Å². The Bertz CT molecular complexity index is 304. The molecule has 0 saturated carbocycles. The molecule has 1 heterocycles. The molecule has 3 N–H and O–H groups in total. The quantitative estimate of drug-likeness (QED) is 0.776. The first kappa shape index (κ1) is 11.0. The smallest absolute Gasteiger partial charge is 0.280 e. The highest BCUT2D eigenvalue weighted by Gasteiger charge is 2.13. The van der Waals surface area contributed by atoms with E-state index in [-0.39, 0.29) is 24.5 Å². The molecule has 0 spiro atoms. The van der Waals surface area contributed by atoms with Gasteiger partial charge in [-0.05, 0) is 24.1 Å². The highest BCUT2D eigenvalue weighted by molar-refractivity contribution is 5.31. The Morgan fingerprint density at radius 2 is 2.21 bits per heavy atom. The molecule has 0 aliphatic heterocycles. The standard InChI is InChI=1S/C9H12F2N2O/c1-5-6(3-12)2-7(9(10)11)13-8(5)4-14/h2,9,14H,3-4,12H2,1H3. The van der Waals surface area contributed by atoms with E-state index < -0.39 is 6.43 Å². The van der Waals surface area contributed by atoms with Crippen LogP contribution in [0.1, 0.15) is 28.9 Å². The van der Waals surface area contributed by atoms with Crippen LogP contribution in [-0.2, 0) is 13.2 Å². The maximum Gasteiger partial charge on any atom is 0.280 e. The summed E-state index contributed by atoms with van der Waals surface area (Å²) in [5.74, 6) is 0. The summed E-state index contributed by atoms with van der Waals surface area (Å²) in [4.78, 5) is 3.64. The molecule has 0 amide bonds. The number of hydrogen-bond donors (Lipinski definition) is 2. The maximum atomic E-state index is 12.3. The number of halogens is 2. The fourth-order valence-electron chi connectivity index (χ4n) is 1.22. The molecule has 0 bridgehead atoms. The van der Waals surface area contributed by atoms with Gasteiger partial charge in [0.05, 0.1) is 12.3 Å². The van der Waals surface area contributed by atoms with Crippen LogP contribution >= 0.6 is 0 Å². The lowest BCUT2D eigenvalue weighted by atomic mass is 10.1. The third kappa shape index (κ3) is 2.05. The molecule has 0 fully saturated rings. The predicted octanol–water partition coefficient (Wildman–Crippen LogP) is 1.28. The first-order chi connectivity index (χ1) is 6.60. The van der Waals surface area contributed by atoms with Crippen molar-refractivity contribution < 1.29 is 13.9 Å². The zero-order valence-electron chi connectivity index (χ0n) is 7.80. The first-order valence-electron chi connectivity index (χ1n) is 4.18. The summed E-state index contributed by atoms with van der Waals surface area (Å²) < 4.78 is 24.7. The Kier molecular flexibility index (Phi) is 3.49. The molecule has 0 aromatic carbocycles. The third-order valence-electron chi connectivity index (χ3n) is 2.09. The van der Waals surface area contributed by atoms with Gasteiger partial charge in [-0.2, -0.15) is 0 Å². The SMILES string of the molecule is Cc1c(CN)cc(C(F)F)nc1CO. The molecule has 0 radical (unpaired) electrons. The molecule has 1 aromatic heterocycles. The molecule has 0 unspecified atom stereocenters. The van der Waals surface area contributed by atoms with Crippen molar-refractivity contribution in [1.29, 1.82) is 0 Å². The van der Waals surface area contributed by atoms with Crippen LogP contribution in [-0.4, -0.2) is 10.1 Å². The van der Waals surface area contributed by atoms with E-state index in [0.717, 1.165) is 0 Å². The second-order valence-electron chi connectivity index (χ2n) is 2.94. The van der Waals surface area contributed by atoms with Gasteiger partial charge < -0.3 is 10.8 Å². The van der Waals surface area contributed by atoms with Crippen molar-refractivity contribution in [3.05, 3.63) is 28.6 Å². The number of aliphatic hydroxyl groups is 1. The van der Waals surface area contributed by atoms with Gasteiger partial charge in [-0.15, -0.1) is 0 Å². The van der Waals surface area contributed by atoms with Crippen LogP contribution in [0.4, 0.5) is 8.78 Å². The van der Waals surface area contributed by atoms with Gasteiger partial charge in [-0.1, -0.05) is 0 Å². The average molecular weight is 202 g/mol. The summed E-state index contributed by atoms with van der Waals surface area (Å²) >= 11 is 0. The second-order valence-corrected chi connectivity index (χ2v) is 2.94. The fraction of sp³-hybridized carbons (Fsp3) is 0.444. The maximum absolute atomic E-state index is 12.3. The topological polar surface area (TPSA) is 59.1 Å². The van der Waals surface area contributed by atoms with Gasteiger partial charge in [0.15, 0.2) is 0 Å². The van der Waals surface area contributed by atoms with Crippen molar-refractivity contribution >= 4 is 0 Å². The molecular weight excluding hydrogens is 190 g/mol. The van der Waals surface area contributed by atoms with E-state index in [1.165, 1.54) is 6.07 Å². The zero-order valence-corrected chi connectivity index (χ0v) is 7.80. The minimum Gasteiger partial charge on any atom is -0.390 e. The molecule has 3 nitrogen and oxygen atoms in total. The summed E-state index contributed by atoms with van der Waals surface area (Å²) in [6.45, 7) is 1.52. The number of nitrogens with zero attached hydrogens (tertiary/aromatic N) is 1. The number of alkyl halides is 2. The zero-order chi connectivity index (χ0) is 10.7. The van der Waals surface area contributed by atoms with Gasteiger partial charge in [-0.25, -0.2) is 13.8 Å². The Hall–Kier alpha value is -1.07. The van der Waals surface area contributed by atoms with E-state index in [2.05, 4.69) is 4.98 Å². The number of pyridine rings is 1. The first-order valence-corrected chi connectivity index (χ1v) is 4.18. The number of rotatable bonds is 3. The van der Waals surface area contributed by atoms with E-state index in [0.29, 0.717) is 11.1 Å². The number of aromatic nitrogens is 1. The van der Waals surface area contributed by atoms with Crippen molar-refractivity contribution in [1.82, 2.24) is 4.98 Å². The van der Waals surface area contributed by atoms with E-state index in [9.17, 15) is 8.78 Å². The monoisotopic (exact) mass is 202 g/mol. The molecule has 0 aliphatic carbocycles. The summed E-state index contributed by atoms with van der Waals surface area (Å²) in [7, 11) is 0. The molecule has 1 aromatic rings. The van der Waals surface area contributed by atoms with Crippen LogP contribution in [0.15, 0.2) is 6.07 Å². The summed E-state index contributed by atoms with van der Waals surface area (Å²) in [6.07, 6.45) is -2.63. The fourth-order valence-corrected chi connectivity index (χ4v) is 1.22. The molecule has 0 saturated heterocycles. The van der Waals surface area contributed by atoms with Gasteiger partial charge in [0.25, 0.3) is 6.43 Å². The van der Waals surface area contributed by atoms with Crippen LogP contribution in [0.25, 0.3) is 0 Å². The molecular formula is C9H12F2N2O. The van der Waals surface area contributed by atoms with Gasteiger partial charge in [0.2, 0.25) is 0 Å². The van der Waals surface area contributed by atoms with Crippen molar-refractivity contribution in [2.24, 2.45) is 5.73 Å². The molecule has 0 aliphatic rings. The van der Waals surface area contributed by atoms with Crippen LogP contribution < -0.4 is 5.73 Å². The predicted molar refractivity (Wildman–Crippen MR) is 47.7 cm³/mol. The molecule has 0 atom stereocenters. The Morgan fingerprint density at radius 1 is 1.57 bits per heavy atom. The van der Waals surface area contributed by atoms with Gasteiger partial charge in [0, 0.05) is 6.54 Å². The lowest BCUT2D eigenvalue weighted by Gasteiger charge is -2.10. The highest BCUT2D eigenvalue weighted by Crippen LogP contribution is 2.21. The van der Waals surface area contributed by atoms with Crippen molar-refractivity contribution in [3.8, 4) is 0 Å². The van der Waals surface area contributed by atoms with Crippen molar-refractivity contribution in [3.63, 3.8) is 0 Å². The van der Waals surface area contributed by atoms with E-state index in [1.54, 1.807) is 6.92 Å². The number of aliphatic hydroxyl groups excluding tert-OH is 1. The second kappa shape index (κ2) is 4.43. The molecule has 14 heavy (non-hydrogen) atoms. The largest absolute Gasteiger partial charge is 0.390 e. The Morgan fingerprint density at radius 3 is 2.64 bits per heavy atom. The number of nitrogens with two attached hydrogens (primary N) is 1. The van der Waals surface area contributed by atoms with Crippen molar-refractivity contribution in [2.45, 2.75) is 26.5 Å². The van der Waals surface area contributed by atoms with Gasteiger partial charge in [-0.3, -0.25) is 0 Å². The van der Waals surface area contributed by atoms with Gasteiger partial charge >= 0.3 is 0 Å². The highest BCUT2D eigenvalue weighted by atomic mass is 19.3. The van der Waals surface area contributed by atoms with Crippen molar-refractivity contribution in [2.75, 3.05) is 0 Å². The minimum atomic E-state index is -2.63. The van der Waals surface area contributed by atoms with Crippen LogP contribution in [0.2, 0.25) is 0 Å². The van der Waals surface area contributed by atoms with Crippen LogP contribution in [0, 0.1) is 6.92 Å². The third-order valence-corrected chi connectivity index (χ3v) is 2.09. The van der Waals surface area contributed by atoms with E-state index >= 15 is 0 Å². The van der Waals surface area contributed by atoms with Crippen LogP contribution in [0.3, 0.4) is 0 Å². The summed E-state index contributed by atoms with van der Waals surface area (Å²) in [5.41, 5.74) is 6.60. The Balaban J connectivity index is 3.25. The number of hydrogen-bond acceptors (Lipinski definition) is 3. The molecule has 1 rings (SSSR count). The average Bonchev–Trinajstić information content (AvgIpc) is 2.17. The van der Waals surface area contributed by atoms with Crippen LogP contribution in [0.5, 0.6) is 0 Å². The molecule has 5 heteroatoms. The summed E-state index contributed by atoms with van der Waals surface area (Å²) in [6, 6.07) is 1.28. The van der Waals surface area contributed by atoms with E-state index in [4.69, 9.17) is 10.8 Å². The lowest BCUT2D eigenvalue weighted by molar-refractivity contribution is 0.145. The molecule has 78 valence electrons. The lowest BCUT2D eigenvalue weighted by Crippen LogP contribution is -2.07. The summed E-state index contributed by atoms with van der Waals surface area (Å²) in [5, 5.41) is 8.90. The Labute approximate surface area is 80.6 Å². The minimum absolute atomic E-state index is 0.168. The van der Waals surface area contributed by atoms with E-state index in [1.807, 2.05) is 0 Å².